The van der Waals surface area contributed by atoms with E-state index in [0.717, 1.165) is 12.1 Å². The Kier molecular flexibility index (Phi) is 5.25. The largest absolute Gasteiger partial charge is 0.472 e. The highest BCUT2D eigenvalue weighted by atomic mass is 35.5. The van der Waals surface area contributed by atoms with Crippen LogP contribution in [0.2, 0.25) is 5.02 Å². The maximum Gasteiger partial charge on any atom is 0.225 e. The number of nitrogens with two attached hydrogens (primary N) is 1. The molecule has 1 aromatic carbocycles. The molecule has 112 valence electrons. The number of nitrogens with one attached hydrogen (secondary N) is 1. The number of furan rings is 1. The SMILES string of the molecule is CN(CCC(=O)Nc1ccc(Cl)cc1N)Cc1ccoc1. The van der Waals surface area contributed by atoms with Gasteiger partial charge >= 0.3 is 0 Å². The first-order chi connectivity index (χ1) is 10.0. The number of hydrogen-bond donors (Lipinski definition) is 2. The highest BCUT2D eigenvalue weighted by molar-refractivity contribution is 6.31. The number of carbonyl (C=O) groups excluding carboxylic acids is 1. The minimum atomic E-state index is -0.0805. The van der Waals surface area contributed by atoms with Crippen LogP contribution in [-0.2, 0) is 11.3 Å². The van der Waals surface area contributed by atoms with Crippen molar-refractivity contribution in [2.24, 2.45) is 0 Å². The van der Waals surface area contributed by atoms with Crippen molar-refractivity contribution < 1.29 is 9.21 Å². The molecule has 0 aliphatic rings. The smallest absolute Gasteiger partial charge is 0.225 e. The van der Waals surface area contributed by atoms with Crippen molar-refractivity contribution in [1.82, 2.24) is 4.90 Å². The van der Waals surface area contributed by atoms with E-state index in [2.05, 4.69) is 10.2 Å². The highest BCUT2D eigenvalue weighted by Gasteiger charge is 2.08. The van der Waals surface area contributed by atoms with Crippen LogP contribution in [0, 0.1) is 0 Å². The Morgan fingerprint density at radius 2 is 2.24 bits per heavy atom. The molecule has 0 saturated heterocycles. The fourth-order valence-corrected chi connectivity index (χ4v) is 2.11. The van der Waals surface area contributed by atoms with Crippen molar-refractivity contribution in [2.75, 3.05) is 24.6 Å². The molecule has 1 aromatic heterocycles. The van der Waals surface area contributed by atoms with Crippen molar-refractivity contribution in [3.63, 3.8) is 0 Å². The first-order valence-electron chi connectivity index (χ1n) is 6.59. The molecule has 3 N–H and O–H groups in total. The molecule has 6 heteroatoms. The maximum atomic E-state index is 11.9. The molecule has 21 heavy (non-hydrogen) atoms. The number of hydrogen-bond acceptors (Lipinski definition) is 4. The summed E-state index contributed by atoms with van der Waals surface area (Å²) in [4.78, 5) is 14.0. The fraction of sp³-hybridized carbons (Fsp3) is 0.267. The normalized spacial score (nSPS) is 10.8. The minimum absolute atomic E-state index is 0.0805. The second kappa shape index (κ2) is 7.15. The molecular formula is C15H18ClN3O2. The molecule has 0 spiro atoms. The van der Waals surface area contributed by atoms with Gasteiger partial charge in [-0.2, -0.15) is 0 Å². The van der Waals surface area contributed by atoms with Crippen molar-refractivity contribution in [3.8, 4) is 0 Å². The van der Waals surface area contributed by atoms with Gasteiger partial charge in [-0.25, -0.2) is 0 Å². The van der Waals surface area contributed by atoms with Crippen LogP contribution < -0.4 is 11.1 Å². The summed E-state index contributed by atoms with van der Waals surface area (Å²) in [5.41, 5.74) is 7.92. The lowest BCUT2D eigenvalue weighted by molar-refractivity contribution is -0.116. The van der Waals surface area contributed by atoms with Crippen LogP contribution in [0.4, 0.5) is 11.4 Å². The van der Waals surface area contributed by atoms with E-state index in [1.54, 1.807) is 30.7 Å². The van der Waals surface area contributed by atoms with E-state index < -0.39 is 0 Å². The minimum Gasteiger partial charge on any atom is -0.472 e. The summed E-state index contributed by atoms with van der Waals surface area (Å²) in [6.07, 6.45) is 3.72. The van der Waals surface area contributed by atoms with E-state index in [1.807, 2.05) is 13.1 Å². The molecule has 2 aromatic rings. The standard InChI is InChI=1S/C15H18ClN3O2/c1-19(9-11-5-7-21-10-11)6-4-15(20)18-14-3-2-12(16)8-13(14)17/h2-3,5,7-8,10H,4,6,9,17H2,1H3,(H,18,20). The van der Waals surface area contributed by atoms with Crippen molar-refractivity contribution in [3.05, 3.63) is 47.4 Å². The number of rotatable bonds is 6. The zero-order valence-corrected chi connectivity index (χ0v) is 12.6. The predicted molar refractivity (Wildman–Crippen MR) is 84.2 cm³/mol. The van der Waals surface area contributed by atoms with Gasteiger partial charge in [0, 0.05) is 30.1 Å². The Labute approximate surface area is 128 Å². The monoisotopic (exact) mass is 307 g/mol. The number of anilines is 2. The van der Waals surface area contributed by atoms with Gasteiger partial charge in [-0.15, -0.1) is 0 Å². The van der Waals surface area contributed by atoms with Crippen LogP contribution in [0.3, 0.4) is 0 Å². The molecule has 0 unspecified atom stereocenters. The third-order valence-electron chi connectivity index (χ3n) is 3.04. The topological polar surface area (TPSA) is 71.5 Å². The lowest BCUT2D eigenvalue weighted by Gasteiger charge is -2.15. The molecule has 0 atom stereocenters. The Bertz CT molecular complexity index is 599. The van der Waals surface area contributed by atoms with Gasteiger partial charge in [-0.05, 0) is 31.3 Å². The van der Waals surface area contributed by atoms with E-state index in [-0.39, 0.29) is 5.91 Å². The number of nitrogens with zero attached hydrogens (tertiary/aromatic N) is 1. The first-order valence-corrected chi connectivity index (χ1v) is 6.97. The maximum absolute atomic E-state index is 11.9. The predicted octanol–water partition coefficient (Wildman–Crippen LogP) is 2.98. The third-order valence-corrected chi connectivity index (χ3v) is 3.28. The number of benzene rings is 1. The van der Waals surface area contributed by atoms with E-state index in [4.69, 9.17) is 21.8 Å². The second-order valence-corrected chi connectivity index (χ2v) is 5.34. The Hall–Kier alpha value is -1.98. The summed E-state index contributed by atoms with van der Waals surface area (Å²) in [5.74, 6) is -0.0805. The summed E-state index contributed by atoms with van der Waals surface area (Å²) in [6.45, 7) is 1.39. The van der Waals surface area contributed by atoms with Gasteiger partial charge < -0.3 is 20.4 Å². The average Bonchev–Trinajstić information content (AvgIpc) is 2.92. The van der Waals surface area contributed by atoms with E-state index >= 15 is 0 Å². The van der Waals surface area contributed by atoms with Gasteiger partial charge in [0.2, 0.25) is 5.91 Å². The molecule has 1 amide bonds. The fourth-order valence-electron chi connectivity index (χ4n) is 1.93. The van der Waals surface area contributed by atoms with Gasteiger partial charge in [0.05, 0.1) is 23.9 Å². The van der Waals surface area contributed by atoms with Crippen molar-refractivity contribution in [1.29, 1.82) is 0 Å². The summed E-state index contributed by atoms with van der Waals surface area (Å²) >= 11 is 5.82. The highest BCUT2D eigenvalue weighted by Crippen LogP contribution is 2.22. The lowest BCUT2D eigenvalue weighted by Crippen LogP contribution is -2.24. The Morgan fingerprint density at radius 3 is 2.90 bits per heavy atom. The number of amides is 1. The molecular weight excluding hydrogens is 290 g/mol. The van der Waals surface area contributed by atoms with Crippen LogP contribution in [-0.4, -0.2) is 24.4 Å². The van der Waals surface area contributed by atoms with Crippen LogP contribution >= 0.6 is 11.6 Å². The van der Waals surface area contributed by atoms with E-state index in [0.29, 0.717) is 29.4 Å². The van der Waals surface area contributed by atoms with Crippen LogP contribution in [0.25, 0.3) is 0 Å². The van der Waals surface area contributed by atoms with Gasteiger partial charge in [-0.1, -0.05) is 11.6 Å². The molecule has 5 nitrogen and oxygen atoms in total. The summed E-state index contributed by atoms with van der Waals surface area (Å²) in [6, 6.07) is 6.91. The van der Waals surface area contributed by atoms with Crippen LogP contribution in [0.5, 0.6) is 0 Å². The van der Waals surface area contributed by atoms with Gasteiger partial charge in [0.25, 0.3) is 0 Å². The molecule has 1 heterocycles. The lowest BCUT2D eigenvalue weighted by atomic mass is 10.2. The second-order valence-electron chi connectivity index (χ2n) is 4.90. The summed E-state index contributed by atoms with van der Waals surface area (Å²) < 4.78 is 5.01. The number of nitrogen functional groups attached to an aromatic ring is 1. The molecule has 0 aliphatic carbocycles. The van der Waals surface area contributed by atoms with Gasteiger partial charge in [-0.3, -0.25) is 4.79 Å². The molecule has 0 radical (unpaired) electrons. The zero-order chi connectivity index (χ0) is 15.2. The third kappa shape index (κ3) is 4.81. The van der Waals surface area contributed by atoms with E-state index in [1.165, 1.54) is 0 Å². The number of carbonyl (C=O) groups is 1. The Morgan fingerprint density at radius 1 is 1.43 bits per heavy atom. The summed E-state index contributed by atoms with van der Waals surface area (Å²) in [7, 11) is 1.96. The molecule has 2 rings (SSSR count). The van der Waals surface area contributed by atoms with Gasteiger partial charge in [0.15, 0.2) is 0 Å². The molecule has 0 fully saturated rings. The summed E-state index contributed by atoms with van der Waals surface area (Å²) in [5, 5.41) is 3.33. The zero-order valence-electron chi connectivity index (χ0n) is 11.8. The van der Waals surface area contributed by atoms with Crippen LogP contribution in [0.1, 0.15) is 12.0 Å². The average molecular weight is 308 g/mol. The molecule has 0 aliphatic heterocycles. The Balaban J connectivity index is 1.79. The first kappa shape index (κ1) is 15.4. The van der Waals surface area contributed by atoms with Crippen molar-refractivity contribution >= 4 is 28.9 Å². The van der Waals surface area contributed by atoms with Crippen molar-refractivity contribution in [2.45, 2.75) is 13.0 Å². The molecule has 0 bridgehead atoms. The quantitative estimate of drug-likeness (QED) is 0.805. The van der Waals surface area contributed by atoms with Gasteiger partial charge in [0.1, 0.15) is 0 Å². The van der Waals surface area contributed by atoms with Crippen LogP contribution in [0.15, 0.2) is 41.2 Å². The molecule has 0 saturated carbocycles. The van der Waals surface area contributed by atoms with E-state index in [9.17, 15) is 4.79 Å². The number of halogens is 1.